The van der Waals surface area contributed by atoms with Crippen molar-refractivity contribution in [2.45, 2.75) is 46.1 Å². The van der Waals surface area contributed by atoms with Crippen LogP contribution in [0.1, 0.15) is 59.9 Å². The first-order valence-corrected chi connectivity index (χ1v) is 11.7. The maximum atomic E-state index is 13.3. The molecule has 1 N–H and O–H groups in total. The zero-order valence-corrected chi connectivity index (χ0v) is 20.8. The second-order valence-corrected chi connectivity index (χ2v) is 9.97. The van der Waals surface area contributed by atoms with Crippen LogP contribution in [-0.4, -0.2) is 60.0 Å². The Morgan fingerprint density at radius 3 is 2.47 bits per heavy atom. The van der Waals surface area contributed by atoms with Crippen molar-refractivity contribution in [2.75, 3.05) is 32.0 Å². The Morgan fingerprint density at radius 1 is 1.09 bits per heavy atom. The molecular formula is C27H35N3O4. The normalized spacial score (nSPS) is 16.0. The number of anilines is 1. The van der Waals surface area contributed by atoms with Crippen LogP contribution in [0.4, 0.5) is 10.5 Å². The quantitative estimate of drug-likeness (QED) is 0.676. The van der Waals surface area contributed by atoms with Gasteiger partial charge in [0.1, 0.15) is 5.60 Å². The van der Waals surface area contributed by atoms with Gasteiger partial charge in [-0.15, -0.1) is 0 Å². The molecule has 182 valence electrons. The summed E-state index contributed by atoms with van der Waals surface area (Å²) in [7, 11) is 1.73. The minimum absolute atomic E-state index is 0.0696. The lowest BCUT2D eigenvalue weighted by Gasteiger charge is -2.35. The molecule has 0 radical (unpaired) electrons. The minimum Gasteiger partial charge on any atom is -0.444 e. The van der Waals surface area contributed by atoms with Gasteiger partial charge in [0.05, 0.1) is 0 Å². The van der Waals surface area contributed by atoms with Crippen molar-refractivity contribution in [2.24, 2.45) is 5.92 Å². The molecular weight excluding hydrogens is 430 g/mol. The van der Waals surface area contributed by atoms with E-state index in [1.807, 2.05) is 56.9 Å². The van der Waals surface area contributed by atoms with E-state index in [1.165, 1.54) is 0 Å². The summed E-state index contributed by atoms with van der Waals surface area (Å²) in [6.07, 6.45) is 1.47. The topological polar surface area (TPSA) is 79.0 Å². The van der Waals surface area contributed by atoms with Gasteiger partial charge in [-0.05, 0) is 76.3 Å². The van der Waals surface area contributed by atoms with Crippen molar-refractivity contribution in [3.8, 4) is 0 Å². The number of aryl methyl sites for hydroxylation is 1. The Balaban J connectivity index is 1.65. The maximum absolute atomic E-state index is 13.3. The van der Waals surface area contributed by atoms with E-state index >= 15 is 0 Å². The van der Waals surface area contributed by atoms with Crippen molar-refractivity contribution in [3.05, 3.63) is 65.2 Å². The summed E-state index contributed by atoms with van der Waals surface area (Å²) in [6.45, 7) is 9.22. The van der Waals surface area contributed by atoms with E-state index in [2.05, 4.69) is 5.32 Å². The van der Waals surface area contributed by atoms with Gasteiger partial charge in [0, 0.05) is 43.5 Å². The lowest BCUT2D eigenvalue weighted by atomic mass is 9.96. The van der Waals surface area contributed by atoms with E-state index < -0.39 is 5.60 Å². The summed E-state index contributed by atoms with van der Waals surface area (Å²) in [5.41, 5.74) is 2.06. The molecule has 2 aromatic carbocycles. The molecule has 7 nitrogen and oxygen atoms in total. The Hall–Kier alpha value is -3.35. The molecule has 0 saturated carbocycles. The fourth-order valence-corrected chi connectivity index (χ4v) is 4.06. The average molecular weight is 466 g/mol. The van der Waals surface area contributed by atoms with Gasteiger partial charge in [-0.25, -0.2) is 4.79 Å². The number of hydrogen-bond acceptors (Lipinski definition) is 4. The molecule has 1 aliphatic rings. The highest BCUT2D eigenvalue weighted by Gasteiger charge is 2.28. The number of likely N-dealkylation sites (tertiary alicyclic amines) is 1. The molecule has 3 amide bonds. The molecule has 1 fully saturated rings. The molecule has 34 heavy (non-hydrogen) atoms. The number of nitrogens with zero attached hydrogens (tertiary/aromatic N) is 2. The first-order chi connectivity index (χ1) is 16.0. The lowest BCUT2D eigenvalue weighted by molar-refractivity contribution is 0.0244. The Bertz CT molecular complexity index is 1030. The molecule has 2 aromatic rings. The number of carbonyl (C=O) groups excluding carboxylic acids is 3. The van der Waals surface area contributed by atoms with E-state index in [-0.39, 0.29) is 23.8 Å². The van der Waals surface area contributed by atoms with E-state index in [0.29, 0.717) is 36.4 Å². The van der Waals surface area contributed by atoms with Crippen LogP contribution < -0.4 is 5.32 Å². The molecule has 1 unspecified atom stereocenters. The summed E-state index contributed by atoms with van der Waals surface area (Å²) in [5.74, 6) is -0.103. The Kier molecular flexibility index (Phi) is 7.97. The van der Waals surface area contributed by atoms with Crippen LogP contribution in [0.5, 0.6) is 0 Å². The van der Waals surface area contributed by atoms with Gasteiger partial charge in [-0.3, -0.25) is 9.59 Å². The highest BCUT2D eigenvalue weighted by molar-refractivity contribution is 6.05. The van der Waals surface area contributed by atoms with Gasteiger partial charge >= 0.3 is 6.09 Å². The monoisotopic (exact) mass is 465 g/mol. The maximum Gasteiger partial charge on any atom is 0.410 e. The van der Waals surface area contributed by atoms with Crippen molar-refractivity contribution >= 4 is 23.6 Å². The second-order valence-electron chi connectivity index (χ2n) is 9.97. The van der Waals surface area contributed by atoms with Crippen molar-refractivity contribution in [3.63, 3.8) is 0 Å². The molecule has 0 aromatic heterocycles. The summed E-state index contributed by atoms with van der Waals surface area (Å²) < 4.78 is 5.44. The lowest BCUT2D eigenvalue weighted by Crippen LogP contribution is -2.45. The third-order valence-corrected chi connectivity index (χ3v) is 5.81. The number of carbonyl (C=O) groups is 3. The highest BCUT2D eigenvalue weighted by Crippen LogP contribution is 2.23. The van der Waals surface area contributed by atoms with Crippen LogP contribution in [-0.2, 0) is 4.74 Å². The molecule has 0 bridgehead atoms. The predicted octanol–water partition coefficient (Wildman–Crippen LogP) is 4.97. The summed E-state index contributed by atoms with van der Waals surface area (Å²) in [4.78, 5) is 41.6. The number of ether oxygens (including phenoxy) is 1. The number of rotatable bonds is 5. The second kappa shape index (κ2) is 10.7. The fraction of sp³-hybridized carbons (Fsp3) is 0.444. The van der Waals surface area contributed by atoms with Crippen LogP contribution in [0, 0.1) is 12.8 Å². The summed E-state index contributed by atoms with van der Waals surface area (Å²) >= 11 is 0. The molecule has 3 rings (SSSR count). The van der Waals surface area contributed by atoms with E-state index in [4.69, 9.17) is 4.74 Å². The highest BCUT2D eigenvalue weighted by atomic mass is 16.6. The van der Waals surface area contributed by atoms with Gasteiger partial charge in [0.25, 0.3) is 11.8 Å². The smallest absolute Gasteiger partial charge is 0.410 e. The van der Waals surface area contributed by atoms with Gasteiger partial charge in [-0.2, -0.15) is 0 Å². The number of benzene rings is 2. The summed E-state index contributed by atoms with van der Waals surface area (Å²) in [5, 5.41) is 2.92. The Morgan fingerprint density at radius 2 is 1.79 bits per heavy atom. The third-order valence-electron chi connectivity index (χ3n) is 5.81. The number of hydrogen-bond donors (Lipinski definition) is 1. The molecule has 0 spiro atoms. The van der Waals surface area contributed by atoms with E-state index in [9.17, 15) is 14.4 Å². The van der Waals surface area contributed by atoms with Gasteiger partial charge in [0.15, 0.2) is 0 Å². The zero-order chi connectivity index (χ0) is 24.9. The van der Waals surface area contributed by atoms with E-state index in [0.717, 1.165) is 18.4 Å². The van der Waals surface area contributed by atoms with E-state index in [1.54, 1.807) is 36.2 Å². The molecule has 1 saturated heterocycles. The molecule has 1 aliphatic heterocycles. The van der Waals surface area contributed by atoms with Crippen molar-refractivity contribution in [1.29, 1.82) is 0 Å². The standard InChI is InChI=1S/C27H35N3O4/c1-19-13-14-22(16-23(19)28-24(31)21-11-7-6-8-12-21)25(32)30-15-9-10-20(18-30)17-29(5)26(33)34-27(2,3)4/h6-8,11-14,16,20H,9-10,15,17-18H2,1-5H3,(H,28,31). The van der Waals surface area contributed by atoms with Crippen LogP contribution >= 0.6 is 0 Å². The summed E-state index contributed by atoms with van der Waals surface area (Å²) in [6, 6.07) is 14.4. The van der Waals surface area contributed by atoms with Crippen LogP contribution in [0.2, 0.25) is 0 Å². The Labute approximate surface area is 202 Å². The van der Waals surface area contributed by atoms with Crippen LogP contribution in [0.3, 0.4) is 0 Å². The number of amides is 3. The zero-order valence-electron chi connectivity index (χ0n) is 20.8. The fourth-order valence-electron chi connectivity index (χ4n) is 4.06. The number of piperidine rings is 1. The van der Waals surface area contributed by atoms with Crippen LogP contribution in [0.15, 0.2) is 48.5 Å². The van der Waals surface area contributed by atoms with Crippen molar-refractivity contribution in [1.82, 2.24) is 9.80 Å². The van der Waals surface area contributed by atoms with Crippen LogP contribution in [0.25, 0.3) is 0 Å². The number of nitrogens with one attached hydrogen (secondary N) is 1. The molecule has 7 heteroatoms. The third kappa shape index (κ3) is 6.83. The first-order valence-electron chi connectivity index (χ1n) is 11.7. The molecule has 0 aliphatic carbocycles. The van der Waals surface area contributed by atoms with Gasteiger partial charge in [-0.1, -0.05) is 24.3 Å². The molecule has 1 heterocycles. The first kappa shape index (κ1) is 25.3. The van der Waals surface area contributed by atoms with Crippen molar-refractivity contribution < 1.29 is 19.1 Å². The van der Waals surface area contributed by atoms with Gasteiger partial charge in [0.2, 0.25) is 0 Å². The SMILES string of the molecule is Cc1ccc(C(=O)N2CCCC(CN(C)C(=O)OC(C)(C)C)C2)cc1NC(=O)c1ccccc1. The predicted molar refractivity (Wildman–Crippen MR) is 133 cm³/mol. The average Bonchev–Trinajstić information content (AvgIpc) is 2.79. The minimum atomic E-state index is -0.543. The largest absolute Gasteiger partial charge is 0.444 e. The molecule has 1 atom stereocenters. The van der Waals surface area contributed by atoms with Gasteiger partial charge < -0.3 is 19.9 Å².